The Kier molecular flexibility index (Phi) is 4.37. The second kappa shape index (κ2) is 6.62. The van der Waals surface area contributed by atoms with E-state index >= 15 is 0 Å². The zero-order chi connectivity index (χ0) is 15.6. The van der Waals surface area contributed by atoms with Crippen LogP contribution in [-0.4, -0.2) is 29.6 Å². The van der Waals surface area contributed by atoms with Gasteiger partial charge in [-0.05, 0) is 66.5 Å². The van der Waals surface area contributed by atoms with E-state index in [9.17, 15) is 5.11 Å². The third-order valence-corrected chi connectivity index (χ3v) is 5.90. The van der Waals surface area contributed by atoms with Crippen LogP contribution in [0, 0.1) is 11.8 Å². The molecule has 1 heterocycles. The zero-order valence-electron chi connectivity index (χ0n) is 13.8. The van der Waals surface area contributed by atoms with E-state index in [1.54, 1.807) is 0 Å². The maximum atomic E-state index is 10.6. The highest BCUT2D eigenvalue weighted by atomic mass is 16.3. The highest BCUT2D eigenvalue weighted by molar-refractivity contribution is 5.83. The highest BCUT2D eigenvalue weighted by Crippen LogP contribution is 2.36. The molecule has 122 valence electrons. The Hall–Kier alpha value is -1.38. The number of likely N-dealkylation sites (tertiary alicyclic amines) is 1. The predicted octanol–water partition coefficient (Wildman–Crippen LogP) is 4.39. The van der Waals surface area contributed by atoms with Gasteiger partial charge in [0.05, 0.1) is 6.10 Å². The van der Waals surface area contributed by atoms with Gasteiger partial charge in [-0.3, -0.25) is 0 Å². The summed E-state index contributed by atoms with van der Waals surface area (Å²) in [6.45, 7) is 3.50. The first-order chi connectivity index (χ1) is 11.3. The van der Waals surface area contributed by atoms with Crippen molar-refractivity contribution < 1.29 is 5.11 Å². The summed E-state index contributed by atoms with van der Waals surface area (Å²) in [5, 5.41) is 13.0. The van der Waals surface area contributed by atoms with Crippen LogP contribution < -0.4 is 0 Å². The van der Waals surface area contributed by atoms with Crippen molar-refractivity contribution >= 4 is 10.8 Å². The van der Waals surface area contributed by atoms with Crippen molar-refractivity contribution in [3.63, 3.8) is 0 Å². The summed E-state index contributed by atoms with van der Waals surface area (Å²) in [6.07, 6.45) is 6.19. The Labute approximate surface area is 139 Å². The van der Waals surface area contributed by atoms with Crippen LogP contribution in [0.4, 0.5) is 0 Å². The van der Waals surface area contributed by atoms with Gasteiger partial charge in [-0.2, -0.15) is 0 Å². The molecule has 2 heteroatoms. The van der Waals surface area contributed by atoms with Crippen molar-refractivity contribution in [1.82, 2.24) is 4.90 Å². The molecule has 3 atom stereocenters. The number of rotatable bonds is 4. The lowest BCUT2D eigenvalue weighted by Gasteiger charge is -2.25. The van der Waals surface area contributed by atoms with Crippen LogP contribution in [0.1, 0.15) is 43.8 Å². The van der Waals surface area contributed by atoms with Gasteiger partial charge in [-0.1, -0.05) is 42.8 Å². The molecule has 1 saturated carbocycles. The summed E-state index contributed by atoms with van der Waals surface area (Å²) in [6, 6.07) is 14.7. The highest BCUT2D eigenvalue weighted by Gasteiger charge is 2.29. The maximum absolute atomic E-state index is 10.6. The molecule has 1 aliphatic carbocycles. The molecule has 1 aliphatic heterocycles. The smallest absolute Gasteiger partial charge is 0.0802 e. The van der Waals surface area contributed by atoms with Crippen LogP contribution in [0.5, 0.6) is 0 Å². The van der Waals surface area contributed by atoms with E-state index in [0.29, 0.717) is 0 Å². The summed E-state index contributed by atoms with van der Waals surface area (Å²) < 4.78 is 0. The summed E-state index contributed by atoms with van der Waals surface area (Å²) in [5.41, 5.74) is 1.06. The molecular formula is C21H27NO. The molecule has 1 saturated heterocycles. The monoisotopic (exact) mass is 309 g/mol. The van der Waals surface area contributed by atoms with Gasteiger partial charge in [-0.25, -0.2) is 0 Å². The van der Waals surface area contributed by atoms with Crippen LogP contribution in [0.15, 0.2) is 42.5 Å². The molecule has 4 rings (SSSR count). The summed E-state index contributed by atoms with van der Waals surface area (Å²) in [5.74, 6) is 1.90. The van der Waals surface area contributed by atoms with Gasteiger partial charge in [0, 0.05) is 13.1 Å². The fraction of sp³-hybridized carbons (Fsp3) is 0.524. The van der Waals surface area contributed by atoms with Crippen LogP contribution in [0.3, 0.4) is 0 Å². The minimum atomic E-state index is -0.347. The molecule has 2 aliphatic rings. The molecule has 0 aromatic heterocycles. The second-order valence-corrected chi connectivity index (χ2v) is 7.55. The Bertz CT molecular complexity index is 668. The number of hydrogen-bond donors (Lipinski definition) is 1. The quantitative estimate of drug-likeness (QED) is 0.905. The lowest BCUT2D eigenvalue weighted by atomic mass is 10.0. The first kappa shape index (κ1) is 15.2. The van der Waals surface area contributed by atoms with E-state index in [0.717, 1.165) is 30.4 Å². The molecule has 2 fully saturated rings. The molecule has 0 amide bonds. The molecule has 2 nitrogen and oxygen atoms in total. The standard InChI is InChI=1S/C21H27NO/c23-21(20-8-7-18-3-1-2-4-19(18)14-20)10-12-22-11-9-16-5-6-17(13-16)15-22/h1-4,7-8,14,16-17,21,23H,5-6,9-13,15H2. The number of aliphatic hydroxyl groups is 1. The molecule has 2 bridgehead atoms. The number of aliphatic hydroxyl groups excluding tert-OH is 1. The summed E-state index contributed by atoms with van der Waals surface area (Å²) in [4.78, 5) is 2.59. The van der Waals surface area contributed by atoms with Crippen LogP contribution in [0.2, 0.25) is 0 Å². The molecule has 0 radical (unpaired) electrons. The van der Waals surface area contributed by atoms with E-state index in [1.807, 2.05) is 0 Å². The number of benzene rings is 2. The first-order valence-electron chi connectivity index (χ1n) is 9.17. The van der Waals surface area contributed by atoms with Crippen LogP contribution >= 0.6 is 0 Å². The van der Waals surface area contributed by atoms with E-state index < -0.39 is 0 Å². The van der Waals surface area contributed by atoms with Gasteiger partial charge >= 0.3 is 0 Å². The van der Waals surface area contributed by atoms with Gasteiger partial charge in [0.2, 0.25) is 0 Å². The Morgan fingerprint density at radius 3 is 2.74 bits per heavy atom. The normalized spacial score (nSPS) is 26.3. The lowest BCUT2D eigenvalue weighted by molar-refractivity contribution is 0.136. The number of hydrogen-bond acceptors (Lipinski definition) is 2. The third kappa shape index (κ3) is 3.44. The van der Waals surface area contributed by atoms with Crippen LogP contribution in [-0.2, 0) is 0 Å². The zero-order valence-corrected chi connectivity index (χ0v) is 13.8. The minimum absolute atomic E-state index is 0.347. The lowest BCUT2D eigenvalue weighted by Crippen LogP contribution is -2.30. The topological polar surface area (TPSA) is 23.5 Å². The maximum Gasteiger partial charge on any atom is 0.0802 e. The Morgan fingerprint density at radius 2 is 1.83 bits per heavy atom. The van der Waals surface area contributed by atoms with E-state index in [1.165, 1.54) is 49.5 Å². The van der Waals surface area contributed by atoms with Gasteiger partial charge < -0.3 is 10.0 Å². The van der Waals surface area contributed by atoms with E-state index in [-0.39, 0.29) is 6.10 Å². The average Bonchev–Trinajstić information content (AvgIpc) is 2.92. The largest absolute Gasteiger partial charge is 0.388 e. The fourth-order valence-corrected chi connectivity index (χ4v) is 4.52. The van der Waals surface area contributed by atoms with Crippen molar-refractivity contribution in [1.29, 1.82) is 0 Å². The van der Waals surface area contributed by atoms with Gasteiger partial charge in [-0.15, -0.1) is 0 Å². The van der Waals surface area contributed by atoms with Crippen molar-refractivity contribution in [3.05, 3.63) is 48.0 Å². The number of fused-ring (bicyclic) bond motifs is 3. The molecule has 2 aromatic rings. The molecule has 2 aromatic carbocycles. The molecule has 23 heavy (non-hydrogen) atoms. The third-order valence-electron chi connectivity index (χ3n) is 5.90. The first-order valence-corrected chi connectivity index (χ1v) is 9.17. The van der Waals surface area contributed by atoms with Gasteiger partial charge in [0.25, 0.3) is 0 Å². The Balaban J connectivity index is 1.38. The van der Waals surface area contributed by atoms with Crippen LogP contribution in [0.25, 0.3) is 10.8 Å². The van der Waals surface area contributed by atoms with E-state index in [2.05, 4.69) is 47.4 Å². The van der Waals surface area contributed by atoms with Gasteiger partial charge in [0.1, 0.15) is 0 Å². The molecular weight excluding hydrogens is 282 g/mol. The van der Waals surface area contributed by atoms with Crippen molar-refractivity contribution in [3.8, 4) is 0 Å². The Morgan fingerprint density at radius 1 is 1.00 bits per heavy atom. The van der Waals surface area contributed by atoms with E-state index in [4.69, 9.17) is 0 Å². The summed E-state index contributed by atoms with van der Waals surface area (Å²) >= 11 is 0. The minimum Gasteiger partial charge on any atom is -0.388 e. The van der Waals surface area contributed by atoms with Gasteiger partial charge in [0.15, 0.2) is 0 Å². The molecule has 3 unspecified atom stereocenters. The van der Waals surface area contributed by atoms with Crippen molar-refractivity contribution in [2.24, 2.45) is 11.8 Å². The second-order valence-electron chi connectivity index (χ2n) is 7.55. The molecule has 1 N–H and O–H groups in total. The number of nitrogens with zero attached hydrogens (tertiary/aromatic N) is 1. The molecule has 0 spiro atoms. The summed E-state index contributed by atoms with van der Waals surface area (Å²) in [7, 11) is 0. The SMILES string of the molecule is OC(CCN1CCC2CCC(C2)C1)c1ccc2ccccc2c1. The van der Waals surface area contributed by atoms with Crippen molar-refractivity contribution in [2.45, 2.75) is 38.2 Å². The fourth-order valence-electron chi connectivity index (χ4n) is 4.52. The average molecular weight is 309 g/mol. The predicted molar refractivity (Wildman–Crippen MR) is 95.4 cm³/mol. The van der Waals surface area contributed by atoms with Crippen molar-refractivity contribution in [2.75, 3.05) is 19.6 Å².